The number of hydrogen-bond donors (Lipinski definition) is 1. The summed E-state index contributed by atoms with van der Waals surface area (Å²) >= 11 is 6.05. The van der Waals surface area contributed by atoms with Crippen molar-refractivity contribution < 1.29 is 8.95 Å². The third-order valence-electron chi connectivity index (χ3n) is 6.31. The van der Waals surface area contributed by atoms with Crippen LogP contribution < -0.4 is 15.1 Å². The molecule has 2 atom stereocenters. The van der Waals surface area contributed by atoms with Crippen LogP contribution in [0.5, 0.6) is 0 Å². The first-order valence-corrected chi connectivity index (χ1v) is 12.7. The zero-order valence-electron chi connectivity index (χ0n) is 17.7. The van der Waals surface area contributed by atoms with E-state index in [4.69, 9.17) is 26.3 Å². The largest absolute Gasteiger partial charge is 0.381 e. The first kappa shape index (κ1) is 21.0. The van der Waals surface area contributed by atoms with Crippen molar-refractivity contribution in [1.29, 1.82) is 0 Å². The molecule has 2 fully saturated rings. The van der Waals surface area contributed by atoms with Crippen LogP contribution in [0, 0.1) is 0 Å². The second-order valence-corrected chi connectivity index (χ2v) is 10.4. The number of aromatic nitrogens is 2. The third-order valence-corrected chi connectivity index (χ3v) is 8.03. The van der Waals surface area contributed by atoms with Crippen LogP contribution in [0.2, 0.25) is 5.02 Å². The van der Waals surface area contributed by atoms with Gasteiger partial charge in [0.2, 0.25) is 5.95 Å². The van der Waals surface area contributed by atoms with Crippen molar-refractivity contribution in [2.45, 2.75) is 43.2 Å². The molecule has 0 saturated carbocycles. The second-order valence-electron chi connectivity index (χ2n) is 8.44. The number of benzene rings is 1. The lowest BCUT2D eigenvalue weighted by atomic mass is 10.1. The molecule has 0 radical (unpaired) electrons. The van der Waals surface area contributed by atoms with Gasteiger partial charge in [-0.25, -0.2) is 4.98 Å². The smallest absolute Gasteiger partial charge is 0.227 e. The Kier molecular flexibility index (Phi) is 6.03. The van der Waals surface area contributed by atoms with Crippen molar-refractivity contribution in [3.8, 4) is 0 Å². The van der Waals surface area contributed by atoms with E-state index in [0.29, 0.717) is 11.8 Å². The Hall–Kier alpha value is -1.90. The Morgan fingerprint density at radius 3 is 2.68 bits per heavy atom. The number of ether oxygens (including phenoxy) is 1. The molecule has 1 aromatic heterocycles. The molecular weight excluding hydrogens is 434 g/mol. The summed E-state index contributed by atoms with van der Waals surface area (Å²) in [7, 11) is -1.02. The summed E-state index contributed by atoms with van der Waals surface area (Å²) in [6.07, 6.45) is 2.63. The average Bonchev–Trinajstić information content (AvgIpc) is 3.16. The van der Waals surface area contributed by atoms with E-state index in [0.717, 1.165) is 79.5 Å². The zero-order valence-corrected chi connectivity index (χ0v) is 19.3. The van der Waals surface area contributed by atoms with E-state index in [1.54, 1.807) is 0 Å². The highest BCUT2D eigenvalue weighted by molar-refractivity contribution is 7.85. The summed E-state index contributed by atoms with van der Waals surface area (Å²) in [5.41, 5.74) is 2.12. The molecule has 0 bridgehead atoms. The van der Waals surface area contributed by atoms with Crippen molar-refractivity contribution in [2.24, 2.45) is 0 Å². The lowest BCUT2D eigenvalue weighted by Crippen LogP contribution is -2.52. The van der Waals surface area contributed by atoms with Crippen LogP contribution in [-0.4, -0.2) is 64.9 Å². The predicted octanol–water partition coefficient (Wildman–Crippen LogP) is 3.10. The van der Waals surface area contributed by atoms with Crippen molar-refractivity contribution in [1.82, 2.24) is 9.97 Å². The van der Waals surface area contributed by atoms with Gasteiger partial charge in [-0.15, -0.1) is 0 Å². The van der Waals surface area contributed by atoms with Gasteiger partial charge in [-0.05, 0) is 44.0 Å². The van der Waals surface area contributed by atoms with Crippen LogP contribution in [0.25, 0.3) is 0 Å². The van der Waals surface area contributed by atoms with E-state index in [-0.39, 0.29) is 6.04 Å². The number of nitrogens with one attached hydrogen (secondary N) is 1. The molecule has 1 unspecified atom stereocenters. The summed E-state index contributed by atoms with van der Waals surface area (Å²) in [6.45, 7) is 6.33. The van der Waals surface area contributed by atoms with Crippen LogP contribution in [0.3, 0.4) is 0 Å². The van der Waals surface area contributed by atoms with E-state index in [1.165, 1.54) is 5.69 Å². The number of hydrogen-bond acceptors (Lipinski definition) is 7. The molecular formula is C22H28ClN5O2S. The van der Waals surface area contributed by atoms with Crippen molar-refractivity contribution in [3.05, 3.63) is 35.0 Å². The minimum atomic E-state index is -1.02. The minimum absolute atomic E-state index is 0.255. The summed E-state index contributed by atoms with van der Waals surface area (Å²) < 4.78 is 18.1. The molecule has 9 heteroatoms. The van der Waals surface area contributed by atoms with Crippen molar-refractivity contribution >= 4 is 39.9 Å². The van der Waals surface area contributed by atoms with Gasteiger partial charge < -0.3 is 19.9 Å². The molecule has 3 aliphatic rings. The Morgan fingerprint density at radius 1 is 1.16 bits per heavy atom. The van der Waals surface area contributed by atoms with Crippen LogP contribution in [0.1, 0.15) is 25.5 Å². The maximum absolute atomic E-state index is 12.6. The van der Waals surface area contributed by atoms with Crippen LogP contribution in [0.4, 0.5) is 17.5 Å². The molecule has 0 aliphatic carbocycles. The van der Waals surface area contributed by atoms with E-state index in [2.05, 4.69) is 34.2 Å². The summed E-state index contributed by atoms with van der Waals surface area (Å²) in [4.78, 5) is 15.2. The van der Waals surface area contributed by atoms with Crippen LogP contribution >= 0.6 is 11.6 Å². The van der Waals surface area contributed by atoms with Gasteiger partial charge in [0, 0.05) is 67.8 Å². The third kappa shape index (κ3) is 4.38. The SMILES string of the molecule is C[C@H]1CN(c2ccc(Cl)cc2)CCN1c1nc2c(c(NC3CCOCC3)n1)S(=O)CC2. The lowest BCUT2D eigenvalue weighted by molar-refractivity contribution is 0.0903. The maximum atomic E-state index is 12.6. The number of aryl methyl sites for hydroxylation is 1. The molecule has 7 nitrogen and oxygen atoms in total. The van der Waals surface area contributed by atoms with Crippen molar-refractivity contribution in [2.75, 3.05) is 53.7 Å². The van der Waals surface area contributed by atoms with Gasteiger partial charge in [0.05, 0.1) is 16.5 Å². The quantitative estimate of drug-likeness (QED) is 0.750. The van der Waals surface area contributed by atoms with E-state index in [1.807, 2.05) is 12.1 Å². The first-order valence-electron chi connectivity index (χ1n) is 11.0. The zero-order chi connectivity index (χ0) is 21.4. The molecule has 1 N–H and O–H groups in total. The molecule has 5 rings (SSSR count). The molecule has 2 saturated heterocycles. The van der Waals surface area contributed by atoms with Gasteiger partial charge in [-0.3, -0.25) is 4.21 Å². The Morgan fingerprint density at radius 2 is 1.94 bits per heavy atom. The Bertz CT molecular complexity index is 967. The highest BCUT2D eigenvalue weighted by Crippen LogP contribution is 2.32. The molecule has 4 heterocycles. The maximum Gasteiger partial charge on any atom is 0.227 e. The molecule has 166 valence electrons. The molecule has 31 heavy (non-hydrogen) atoms. The normalized spacial score (nSPS) is 24.3. The molecule has 0 spiro atoms. The highest BCUT2D eigenvalue weighted by Gasteiger charge is 2.31. The number of rotatable bonds is 4. The van der Waals surface area contributed by atoms with Gasteiger partial charge >= 0.3 is 0 Å². The number of anilines is 3. The lowest BCUT2D eigenvalue weighted by Gasteiger charge is -2.41. The second kappa shape index (κ2) is 8.92. The first-order chi connectivity index (χ1) is 15.1. The topological polar surface area (TPSA) is 70.6 Å². The van der Waals surface area contributed by atoms with E-state index >= 15 is 0 Å². The van der Waals surface area contributed by atoms with Gasteiger partial charge in [-0.2, -0.15) is 4.98 Å². The van der Waals surface area contributed by atoms with Gasteiger partial charge in [-0.1, -0.05) is 11.6 Å². The Balaban J connectivity index is 1.38. The molecule has 2 aromatic rings. The summed E-state index contributed by atoms with van der Waals surface area (Å²) in [6, 6.07) is 8.57. The molecule has 1 aromatic carbocycles. The predicted molar refractivity (Wildman–Crippen MR) is 125 cm³/mol. The fourth-order valence-electron chi connectivity index (χ4n) is 4.59. The summed E-state index contributed by atoms with van der Waals surface area (Å²) in [5, 5.41) is 4.33. The fraction of sp³-hybridized carbons (Fsp3) is 0.545. The van der Waals surface area contributed by atoms with Crippen LogP contribution in [0.15, 0.2) is 29.2 Å². The van der Waals surface area contributed by atoms with Gasteiger partial charge in [0.25, 0.3) is 0 Å². The Labute approximate surface area is 190 Å². The molecule has 0 amide bonds. The molecule has 3 aliphatic heterocycles. The number of nitrogens with zero attached hydrogens (tertiary/aromatic N) is 4. The van der Waals surface area contributed by atoms with Crippen LogP contribution in [-0.2, 0) is 22.0 Å². The summed E-state index contributed by atoms with van der Waals surface area (Å²) in [5.74, 6) is 2.14. The minimum Gasteiger partial charge on any atom is -0.381 e. The van der Waals surface area contributed by atoms with Gasteiger partial charge in [0.1, 0.15) is 10.7 Å². The average molecular weight is 462 g/mol. The number of halogens is 1. The van der Waals surface area contributed by atoms with E-state index in [9.17, 15) is 4.21 Å². The van der Waals surface area contributed by atoms with Gasteiger partial charge in [0.15, 0.2) is 0 Å². The highest BCUT2D eigenvalue weighted by atomic mass is 35.5. The number of fused-ring (bicyclic) bond motifs is 1. The fourth-order valence-corrected chi connectivity index (χ4v) is 6.03. The number of piperazine rings is 1. The monoisotopic (exact) mass is 461 g/mol. The standard InChI is InChI=1S/C22H28ClN5O2S/c1-15-14-27(18-4-2-16(23)3-5-18)9-10-28(15)22-25-19-8-13-31(29)20(19)21(26-22)24-17-6-11-30-12-7-17/h2-5,15,17H,6-14H2,1H3,(H,24,25,26)/t15-,31?/m0/s1. The van der Waals surface area contributed by atoms with Crippen molar-refractivity contribution in [3.63, 3.8) is 0 Å². The van der Waals surface area contributed by atoms with E-state index < -0.39 is 10.8 Å².